The minimum absolute atomic E-state index is 0.163. The highest BCUT2D eigenvalue weighted by atomic mass is 35.5. The molecule has 0 bridgehead atoms. The molecule has 1 aromatic rings. The molecule has 0 heterocycles. The SMILES string of the molecule is CCN(C(=O)c1ccc(CCl)cc1)C1CCCCC1. The zero-order valence-corrected chi connectivity index (χ0v) is 12.3. The predicted molar refractivity (Wildman–Crippen MR) is 79.6 cm³/mol. The number of amides is 1. The lowest BCUT2D eigenvalue weighted by Crippen LogP contribution is -2.41. The van der Waals surface area contributed by atoms with Crippen LogP contribution in [0.5, 0.6) is 0 Å². The Kier molecular flexibility index (Phi) is 5.26. The number of hydrogen-bond acceptors (Lipinski definition) is 1. The van der Waals surface area contributed by atoms with Crippen LogP contribution in [0.1, 0.15) is 54.9 Å². The minimum atomic E-state index is 0.163. The van der Waals surface area contributed by atoms with Gasteiger partial charge < -0.3 is 4.90 Å². The second-order valence-corrected chi connectivity index (χ2v) is 5.48. The Balaban J connectivity index is 2.10. The van der Waals surface area contributed by atoms with E-state index in [2.05, 4.69) is 6.92 Å². The van der Waals surface area contributed by atoms with Gasteiger partial charge in [0.25, 0.3) is 5.91 Å². The zero-order chi connectivity index (χ0) is 13.7. The van der Waals surface area contributed by atoms with Crippen molar-refractivity contribution in [3.8, 4) is 0 Å². The van der Waals surface area contributed by atoms with Crippen molar-refractivity contribution in [2.75, 3.05) is 6.54 Å². The highest BCUT2D eigenvalue weighted by Crippen LogP contribution is 2.24. The third kappa shape index (κ3) is 3.50. The molecule has 0 unspecified atom stereocenters. The van der Waals surface area contributed by atoms with E-state index in [4.69, 9.17) is 11.6 Å². The Morgan fingerprint density at radius 3 is 2.37 bits per heavy atom. The third-order valence-corrected chi connectivity index (χ3v) is 4.28. The van der Waals surface area contributed by atoms with Gasteiger partial charge >= 0.3 is 0 Å². The molecule has 1 aliphatic carbocycles. The summed E-state index contributed by atoms with van der Waals surface area (Å²) in [5.41, 5.74) is 1.83. The maximum absolute atomic E-state index is 12.6. The summed E-state index contributed by atoms with van der Waals surface area (Å²) in [4.78, 5) is 14.6. The van der Waals surface area contributed by atoms with E-state index in [0.717, 1.165) is 30.5 Å². The number of carbonyl (C=O) groups excluding carboxylic acids is 1. The van der Waals surface area contributed by atoms with Gasteiger partial charge in [0.2, 0.25) is 0 Å². The average Bonchev–Trinajstić information content (AvgIpc) is 2.49. The Bertz CT molecular complexity index is 409. The lowest BCUT2D eigenvalue weighted by Gasteiger charge is -2.33. The molecule has 1 fully saturated rings. The molecule has 2 rings (SSSR count). The Labute approximate surface area is 120 Å². The molecule has 0 atom stereocenters. The van der Waals surface area contributed by atoms with Crippen LogP contribution in [0.4, 0.5) is 0 Å². The van der Waals surface area contributed by atoms with Crippen molar-refractivity contribution in [2.24, 2.45) is 0 Å². The summed E-state index contributed by atoms with van der Waals surface area (Å²) in [5, 5.41) is 0. The van der Waals surface area contributed by atoms with Crippen LogP contribution in [0.2, 0.25) is 0 Å². The van der Waals surface area contributed by atoms with Gasteiger partial charge in [-0.05, 0) is 37.5 Å². The van der Waals surface area contributed by atoms with Gasteiger partial charge in [-0.25, -0.2) is 0 Å². The summed E-state index contributed by atoms with van der Waals surface area (Å²) in [5.74, 6) is 0.657. The van der Waals surface area contributed by atoms with Gasteiger partial charge in [0.15, 0.2) is 0 Å². The van der Waals surface area contributed by atoms with Crippen LogP contribution >= 0.6 is 11.6 Å². The van der Waals surface area contributed by atoms with Crippen LogP contribution in [0.3, 0.4) is 0 Å². The normalized spacial score (nSPS) is 16.3. The molecule has 19 heavy (non-hydrogen) atoms. The van der Waals surface area contributed by atoms with Crippen LogP contribution in [0.15, 0.2) is 24.3 Å². The molecule has 1 aromatic carbocycles. The van der Waals surface area contributed by atoms with Crippen LogP contribution < -0.4 is 0 Å². The van der Waals surface area contributed by atoms with Crippen molar-refractivity contribution in [1.29, 1.82) is 0 Å². The summed E-state index contributed by atoms with van der Waals surface area (Å²) in [7, 11) is 0. The molecule has 3 heteroatoms. The van der Waals surface area contributed by atoms with Gasteiger partial charge in [-0.3, -0.25) is 4.79 Å². The Morgan fingerprint density at radius 1 is 1.21 bits per heavy atom. The van der Waals surface area contributed by atoms with Gasteiger partial charge in [0.05, 0.1) is 0 Å². The fourth-order valence-corrected chi connectivity index (χ4v) is 3.04. The molecule has 0 spiro atoms. The molecule has 2 nitrogen and oxygen atoms in total. The van der Waals surface area contributed by atoms with Gasteiger partial charge in [0.1, 0.15) is 0 Å². The predicted octanol–water partition coefficient (Wildman–Crippen LogP) is 4.22. The largest absolute Gasteiger partial charge is 0.336 e. The molecule has 0 aromatic heterocycles. The molecule has 1 aliphatic rings. The van der Waals surface area contributed by atoms with Gasteiger partial charge in [0, 0.05) is 24.0 Å². The Hall–Kier alpha value is -1.02. The molecular weight excluding hydrogens is 258 g/mol. The summed E-state index contributed by atoms with van der Waals surface area (Å²) < 4.78 is 0. The first kappa shape index (κ1) is 14.4. The molecule has 104 valence electrons. The number of halogens is 1. The molecular formula is C16H22ClNO. The van der Waals surface area contributed by atoms with E-state index >= 15 is 0 Å². The number of hydrogen-bond donors (Lipinski definition) is 0. The quantitative estimate of drug-likeness (QED) is 0.756. The van der Waals surface area contributed by atoms with E-state index in [1.807, 2.05) is 29.2 Å². The number of alkyl halides is 1. The Morgan fingerprint density at radius 2 is 1.84 bits per heavy atom. The summed E-state index contributed by atoms with van der Waals surface area (Å²) in [6.45, 7) is 2.86. The number of carbonyl (C=O) groups is 1. The monoisotopic (exact) mass is 279 g/mol. The second kappa shape index (κ2) is 6.95. The fraction of sp³-hybridized carbons (Fsp3) is 0.562. The number of rotatable bonds is 4. The maximum atomic E-state index is 12.6. The molecule has 0 aliphatic heterocycles. The zero-order valence-electron chi connectivity index (χ0n) is 11.6. The first-order valence-electron chi connectivity index (χ1n) is 7.22. The van der Waals surface area contributed by atoms with Crippen LogP contribution in [0, 0.1) is 0 Å². The van der Waals surface area contributed by atoms with Crippen molar-refractivity contribution in [3.05, 3.63) is 35.4 Å². The van der Waals surface area contributed by atoms with Crippen molar-refractivity contribution in [3.63, 3.8) is 0 Å². The molecule has 1 amide bonds. The second-order valence-electron chi connectivity index (χ2n) is 5.21. The standard InChI is InChI=1S/C16H22ClNO/c1-2-18(15-6-4-3-5-7-15)16(19)14-10-8-13(12-17)9-11-14/h8-11,15H,2-7,12H2,1H3. The lowest BCUT2D eigenvalue weighted by molar-refractivity contribution is 0.0648. The average molecular weight is 280 g/mol. The van der Waals surface area contributed by atoms with Crippen LogP contribution in [-0.4, -0.2) is 23.4 Å². The summed E-state index contributed by atoms with van der Waals surface area (Å²) in [6.07, 6.45) is 6.12. The smallest absolute Gasteiger partial charge is 0.254 e. The maximum Gasteiger partial charge on any atom is 0.254 e. The van der Waals surface area contributed by atoms with E-state index in [-0.39, 0.29) is 5.91 Å². The summed E-state index contributed by atoms with van der Waals surface area (Å²) >= 11 is 5.78. The molecule has 0 saturated heterocycles. The van der Waals surface area contributed by atoms with Crippen molar-refractivity contribution in [2.45, 2.75) is 50.9 Å². The highest BCUT2D eigenvalue weighted by Gasteiger charge is 2.24. The first-order chi connectivity index (χ1) is 9.26. The van der Waals surface area contributed by atoms with Gasteiger partial charge in [-0.15, -0.1) is 11.6 Å². The van der Waals surface area contributed by atoms with Crippen molar-refractivity contribution >= 4 is 17.5 Å². The van der Waals surface area contributed by atoms with Crippen LogP contribution in [0.25, 0.3) is 0 Å². The van der Waals surface area contributed by atoms with E-state index < -0.39 is 0 Å². The summed E-state index contributed by atoms with van der Waals surface area (Å²) in [6, 6.07) is 8.10. The first-order valence-corrected chi connectivity index (χ1v) is 7.75. The van der Waals surface area contributed by atoms with Crippen molar-refractivity contribution < 1.29 is 4.79 Å². The van der Waals surface area contributed by atoms with E-state index in [0.29, 0.717) is 11.9 Å². The number of nitrogens with zero attached hydrogens (tertiary/aromatic N) is 1. The highest BCUT2D eigenvalue weighted by molar-refractivity contribution is 6.17. The minimum Gasteiger partial charge on any atom is -0.336 e. The van der Waals surface area contributed by atoms with Crippen molar-refractivity contribution in [1.82, 2.24) is 4.90 Å². The van der Waals surface area contributed by atoms with E-state index in [9.17, 15) is 4.79 Å². The van der Waals surface area contributed by atoms with Crippen LogP contribution in [-0.2, 0) is 5.88 Å². The molecule has 1 saturated carbocycles. The molecule has 0 N–H and O–H groups in total. The topological polar surface area (TPSA) is 20.3 Å². The molecule has 0 radical (unpaired) electrons. The van der Waals surface area contributed by atoms with Gasteiger partial charge in [-0.2, -0.15) is 0 Å². The van der Waals surface area contributed by atoms with E-state index in [1.54, 1.807) is 0 Å². The third-order valence-electron chi connectivity index (χ3n) is 3.97. The van der Waals surface area contributed by atoms with E-state index in [1.165, 1.54) is 19.3 Å². The number of benzene rings is 1. The lowest BCUT2D eigenvalue weighted by atomic mass is 9.93. The fourth-order valence-electron chi connectivity index (χ4n) is 2.86. The van der Waals surface area contributed by atoms with Gasteiger partial charge in [-0.1, -0.05) is 31.4 Å².